The molecule has 1 rings (SSSR count). The predicted molar refractivity (Wildman–Crippen MR) is 42.7 cm³/mol. The van der Waals surface area contributed by atoms with E-state index < -0.39 is 23.4 Å². The van der Waals surface area contributed by atoms with Gasteiger partial charge in [-0.25, -0.2) is 0 Å². The lowest BCUT2D eigenvalue weighted by atomic mass is 9.84. The van der Waals surface area contributed by atoms with Crippen LogP contribution < -0.4 is 0 Å². The van der Waals surface area contributed by atoms with Gasteiger partial charge in [0.1, 0.15) is 17.8 Å². The molecule has 1 fully saturated rings. The molecule has 3 N–H and O–H groups in total. The molecule has 0 amide bonds. The lowest BCUT2D eigenvalue weighted by Gasteiger charge is -2.32. The highest BCUT2D eigenvalue weighted by Gasteiger charge is 2.56. The topological polar surface area (TPSA) is 69.9 Å². The summed E-state index contributed by atoms with van der Waals surface area (Å²) in [5.41, 5.74) is -2.12. The van der Waals surface area contributed by atoms with Crippen molar-refractivity contribution >= 4 is 0 Å². The van der Waals surface area contributed by atoms with Crippen LogP contribution in [0, 0.1) is 0 Å². The second-order valence-corrected chi connectivity index (χ2v) is 3.94. The molecule has 72 valence electrons. The minimum atomic E-state index is -1.31. The quantitative estimate of drug-likeness (QED) is 0.492. The fourth-order valence-corrected chi connectivity index (χ4v) is 1.42. The molecule has 0 aromatic rings. The molecular weight excluding hydrogens is 160 g/mol. The van der Waals surface area contributed by atoms with Crippen molar-refractivity contribution in [3.05, 3.63) is 0 Å². The van der Waals surface area contributed by atoms with Crippen LogP contribution in [-0.4, -0.2) is 45.3 Å². The van der Waals surface area contributed by atoms with Crippen LogP contribution in [0.25, 0.3) is 0 Å². The Morgan fingerprint density at radius 1 is 1.33 bits per heavy atom. The van der Waals surface area contributed by atoms with Crippen LogP contribution in [-0.2, 0) is 4.74 Å². The van der Waals surface area contributed by atoms with Crippen LogP contribution in [0.1, 0.15) is 20.8 Å². The highest BCUT2D eigenvalue weighted by molar-refractivity contribution is 5.06. The van der Waals surface area contributed by atoms with Gasteiger partial charge in [0.15, 0.2) is 0 Å². The van der Waals surface area contributed by atoms with Crippen molar-refractivity contribution in [1.29, 1.82) is 0 Å². The van der Waals surface area contributed by atoms with Crippen molar-refractivity contribution in [2.45, 2.75) is 44.2 Å². The van der Waals surface area contributed by atoms with Crippen molar-refractivity contribution in [1.82, 2.24) is 0 Å². The SMILES string of the molecule is CC1(C)O[C@H](CO)[C@@H](O)[C@@]1(C)O. The van der Waals surface area contributed by atoms with Gasteiger partial charge in [0.05, 0.1) is 12.2 Å². The molecule has 1 aliphatic heterocycles. The summed E-state index contributed by atoms with van der Waals surface area (Å²) in [6.07, 6.45) is -1.72. The maximum atomic E-state index is 9.81. The maximum Gasteiger partial charge on any atom is 0.119 e. The van der Waals surface area contributed by atoms with Crippen LogP contribution in [0.5, 0.6) is 0 Å². The Balaban J connectivity index is 2.88. The van der Waals surface area contributed by atoms with Gasteiger partial charge in [-0.05, 0) is 20.8 Å². The summed E-state index contributed by atoms with van der Waals surface area (Å²) in [5, 5.41) is 28.1. The van der Waals surface area contributed by atoms with Crippen molar-refractivity contribution in [2.24, 2.45) is 0 Å². The first kappa shape index (κ1) is 9.92. The highest BCUT2D eigenvalue weighted by Crippen LogP contribution is 2.38. The van der Waals surface area contributed by atoms with E-state index >= 15 is 0 Å². The normalized spacial score (nSPS) is 46.5. The van der Waals surface area contributed by atoms with E-state index in [-0.39, 0.29) is 6.61 Å². The molecule has 0 aliphatic carbocycles. The molecule has 4 nitrogen and oxygen atoms in total. The van der Waals surface area contributed by atoms with Gasteiger partial charge in [-0.3, -0.25) is 0 Å². The summed E-state index contributed by atoms with van der Waals surface area (Å²) in [6.45, 7) is 4.60. The van der Waals surface area contributed by atoms with Crippen molar-refractivity contribution < 1.29 is 20.1 Å². The average Bonchev–Trinajstić information content (AvgIpc) is 2.11. The summed E-state index contributed by atoms with van der Waals surface area (Å²) in [6, 6.07) is 0. The van der Waals surface area contributed by atoms with Gasteiger partial charge in [0.25, 0.3) is 0 Å². The lowest BCUT2D eigenvalue weighted by Crippen LogP contribution is -2.50. The molecule has 0 unspecified atom stereocenters. The highest BCUT2D eigenvalue weighted by atomic mass is 16.6. The summed E-state index contributed by atoms with van der Waals surface area (Å²) >= 11 is 0. The second kappa shape index (κ2) is 2.67. The van der Waals surface area contributed by atoms with E-state index in [2.05, 4.69) is 0 Å². The Kier molecular flexibility index (Phi) is 2.21. The van der Waals surface area contributed by atoms with E-state index in [1.807, 2.05) is 0 Å². The van der Waals surface area contributed by atoms with Crippen molar-refractivity contribution in [2.75, 3.05) is 6.61 Å². The zero-order chi connectivity index (χ0) is 9.57. The molecule has 0 radical (unpaired) electrons. The fourth-order valence-electron chi connectivity index (χ4n) is 1.42. The molecule has 1 saturated heterocycles. The molecular formula is C8H16O4. The van der Waals surface area contributed by atoms with Gasteiger partial charge in [-0.2, -0.15) is 0 Å². The molecule has 12 heavy (non-hydrogen) atoms. The van der Waals surface area contributed by atoms with Gasteiger partial charge in [0, 0.05) is 0 Å². The first-order chi connectivity index (χ1) is 5.33. The molecule has 1 aliphatic rings. The zero-order valence-corrected chi connectivity index (χ0v) is 7.61. The lowest BCUT2D eigenvalue weighted by molar-refractivity contribution is -0.113. The number of aliphatic hydroxyl groups is 3. The maximum absolute atomic E-state index is 9.81. The number of hydrogen-bond acceptors (Lipinski definition) is 4. The third-order valence-electron chi connectivity index (χ3n) is 2.77. The molecule has 0 aromatic heterocycles. The minimum absolute atomic E-state index is 0.277. The average molecular weight is 176 g/mol. The van der Waals surface area contributed by atoms with E-state index in [0.29, 0.717) is 0 Å². The largest absolute Gasteiger partial charge is 0.394 e. The Bertz CT molecular complexity index is 176. The van der Waals surface area contributed by atoms with Gasteiger partial charge in [0.2, 0.25) is 0 Å². The second-order valence-electron chi connectivity index (χ2n) is 3.94. The standard InChI is InChI=1S/C8H16O4/c1-7(2)8(3,11)6(10)5(4-9)12-7/h5-6,9-11H,4H2,1-3H3/t5-,6-,8-/m1/s1. The molecule has 3 atom stereocenters. The molecule has 0 bridgehead atoms. The summed E-state index contributed by atoms with van der Waals surface area (Å²) in [4.78, 5) is 0. The smallest absolute Gasteiger partial charge is 0.119 e. The van der Waals surface area contributed by atoms with Crippen LogP contribution >= 0.6 is 0 Å². The van der Waals surface area contributed by atoms with Crippen molar-refractivity contribution in [3.8, 4) is 0 Å². The molecule has 0 saturated carbocycles. The Labute approximate surface area is 71.8 Å². The predicted octanol–water partition coefficient (Wildman–Crippen LogP) is -0.732. The Morgan fingerprint density at radius 2 is 1.83 bits per heavy atom. The monoisotopic (exact) mass is 176 g/mol. The van der Waals surface area contributed by atoms with Crippen LogP contribution in [0.2, 0.25) is 0 Å². The van der Waals surface area contributed by atoms with E-state index in [1.54, 1.807) is 13.8 Å². The molecule has 1 heterocycles. The molecule has 0 spiro atoms. The van der Waals surface area contributed by atoms with Gasteiger partial charge in [-0.1, -0.05) is 0 Å². The van der Waals surface area contributed by atoms with Gasteiger partial charge < -0.3 is 20.1 Å². The van der Waals surface area contributed by atoms with Crippen LogP contribution in [0.4, 0.5) is 0 Å². The van der Waals surface area contributed by atoms with Crippen molar-refractivity contribution in [3.63, 3.8) is 0 Å². The summed E-state index contributed by atoms with van der Waals surface area (Å²) in [7, 11) is 0. The number of ether oxygens (including phenoxy) is 1. The van der Waals surface area contributed by atoms with E-state index in [9.17, 15) is 10.2 Å². The van der Waals surface area contributed by atoms with E-state index in [0.717, 1.165) is 0 Å². The minimum Gasteiger partial charge on any atom is -0.394 e. The number of hydrogen-bond donors (Lipinski definition) is 3. The Morgan fingerprint density at radius 3 is 2.00 bits per heavy atom. The first-order valence-electron chi connectivity index (χ1n) is 4.02. The molecule has 4 heteroatoms. The number of rotatable bonds is 1. The van der Waals surface area contributed by atoms with E-state index in [1.165, 1.54) is 6.92 Å². The van der Waals surface area contributed by atoms with Gasteiger partial charge >= 0.3 is 0 Å². The first-order valence-corrected chi connectivity index (χ1v) is 4.02. The third-order valence-corrected chi connectivity index (χ3v) is 2.77. The van der Waals surface area contributed by atoms with Crippen LogP contribution in [0.15, 0.2) is 0 Å². The fraction of sp³-hybridized carbons (Fsp3) is 1.00. The van der Waals surface area contributed by atoms with Gasteiger partial charge in [-0.15, -0.1) is 0 Å². The molecule has 0 aromatic carbocycles. The Hall–Kier alpha value is -0.160. The summed E-state index contributed by atoms with van der Waals surface area (Å²) in [5.74, 6) is 0. The third kappa shape index (κ3) is 1.15. The van der Waals surface area contributed by atoms with Crippen LogP contribution in [0.3, 0.4) is 0 Å². The number of aliphatic hydroxyl groups excluding tert-OH is 2. The van der Waals surface area contributed by atoms with E-state index in [4.69, 9.17) is 9.84 Å². The summed E-state index contributed by atoms with van der Waals surface area (Å²) < 4.78 is 5.28. The zero-order valence-electron chi connectivity index (χ0n) is 7.61.